The van der Waals surface area contributed by atoms with Gasteiger partial charge in [0.1, 0.15) is 11.6 Å². The molecule has 1 aliphatic carbocycles. The van der Waals surface area contributed by atoms with Gasteiger partial charge in [0, 0.05) is 19.2 Å². The van der Waals surface area contributed by atoms with E-state index in [-0.39, 0.29) is 17.8 Å². The van der Waals surface area contributed by atoms with Crippen LogP contribution in [-0.2, 0) is 4.74 Å². The minimum atomic E-state index is -1.41. The first-order valence-corrected chi connectivity index (χ1v) is 6.53. The van der Waals surface area contributed by atoms with Gasteiger partial charge in [0.05, 0.1) is 17.4 Å². The van der Waals surface area contributed by atoms with Gasteiger partial charge in [-0.1, -0.05) is 0 Å². The van der Waals surface area contributed by atoms with Crippen LogP contribution in [0.1, 0.15) is 36.0 Å². The number of benzene rings is 1. The highest BCUT2D eigenvalue weighted by molar-refractivity contribution is 5.89. The standard InChI is InChI=1S/C14H17F2NO3/c1-20-9-4-2-8(3-5-9)17-13-6-10(14(18)19)11(15)7-12(13)16/h6-9,17H,2-5H2,1H3,(H,18,19). The summed E-state index contributed by atoms with van der Waals surface area (Å²) in [5.41, 5.74) is -0.496. The maximum absolute atomic E-state index is 13.7. The van der Waals surface area contributed by atoms with Crippen LogP contribution < -0.4 is 5.32 Å². The van der Waals surface area contributed by atoms with Crippen LogP contribution >= 0.6 is 0 Å². The Bertz CT molecular complexity index is 499. The Hall–Kier alpha value is -1.69. The largest absolute Gasteiger partial charge is 0.478 e. The number of nitrogens with one attached hydrogen (secondary N) is 1. The number of carboxylic acid groups (broad SMARTS) is 1. The van der Waals surface area contributed by atoms with Crippen LogP contribution in [0.15, 0.2) is 12.1 Å². The lowest BCUT2D eigenvalue weighted by molar-refractivity contribution is 0.0681. The molecule has 0 heterocycles. The zero-order chi connectivity index (χ0) is 14.7. The predicted molar refractivity (Wildman–Crippen MR) is 70.0 cm³/mol. The third kappa shape index (κ3) is 3.25. The van der Waals surface area contributed by atoms with Crippen molar-refractivity contribution < 1.29 is 23.4 Å². The second kappa shape index (κ2) is 6.17. The van der Waals surface area contributed by atoms with Crippen LogP contribution in [0.4, 0.5) is 14.5 Å². The number of halogens is 2. The van der Waals surface area contributed by atoms with Gasteiger partial charge in [-0.05, 0) is 31.7 Å². The fraction of sp³-hybridized carbons (Fsp3) is 0.500. The Balaban J connectivity index is 2.10. The van der Waals surface area contributed by atoms with Crippen LogP contribution in [0.5, 0.6) is 0 Å². The molecule has 1 aromatic rings. The Morgan fingerprint density at radius 2 is 1.90 bits per heavy atom. The highest BCUT2D eigenvalue weighted by atomic mass is 19.1. The van der Waals surface area contributed by atoms with Crippen molar-refractivity contribution in [3.8, 4) is 0 Å². The Kier molecular flexibility index (Phi) is 4.54. The van der Waals surface area contributed by atoms with Crippen LogP contribution in [0.3, 0.4) is 0 Å². The molecule has 1 saturated carbocycles. The van der Waals surface area contributed by atoms with E-state index < -0.39 is 23.2 Å². The first-order valence-electron chi connectivity index (χ1n) is 6.53. The summed E-state index contributed by atoms with van der Waals surface area (Å²) in [4.78, 5) is 10.9. The monoisotopic (exact) mass is 285 g/mol. The van der Waals surface area contributed by atoms with Crippen molar-refractivity contribution in [3.05, 3.63) is 29.3 Å². The number of methoxy groups -OCH3 is 1. The van der Waals surface area contributed by atoms with E-state index in [4.69, 9.17) is 9.84 Å². The number of hydrogen-bond donors (Lipinski definition) is 2. The number of ether oxygens (including phenoxy) is 1. The Morgan fingerprint density at radius 1 is 1.25 bits per heavy atom. The third-order valence-electron chi connectivity index (χ3n) is 3.65. The maximum Gasteiger partial charge on any atom is 0.338 e. The predicted octanol–water partition coefficient (Wildman–Crippen LogP) is 3.03. The van der Waals surface area contributed by atoms with E-state index in [0.29, 0.717) is 6.07 Å². The van der Waals surface area contributed by atoms with Crippen molar-refractivity contribution in [3.63, 3.8) is 0 Å². The van der Waals surface area contributed by atoms with E-state index in [1.807, 2.05) is 0 Å². The topological polar surface area (TPSA) is 58.6 Å². The van der Waals surface area contributed by atoms with E-state index in [1.54, 1.807) is 7.11 Å². The summed E-state index contributed by atoms with van der Waals surface area (Å²) in [6, 6.07) is 1.66. The van der Waals surface area contributed by atoms with Crippen molar-refractivity contribution in [2.45, 2.75) is 37.8 Å². The Morgan fingerprint density at radius 3 is 2.45 bits per heavy atom. The molecule has 0 atom stereocenters. The molecule has 0 spiro atoms. The van der Waals surface area contributed by atoms with Gasteiger partial charge < -0.3 is 15.2 Å². The molecule has 0 unspecified atom stereocenters. The number of anilines is 1. The van der Waals surface area contributed by atoms with Crippen molar-refractivity contribution in [2.75, 3.05) is 12.4 Å². The zero-order valence-corrected chi connectivity index (χ0v) is 11.2. The van der Waals surface area contributed by atoms with Gasteiger partial charge >= 0.3 is 5.97 Å². The summed E-state index contributed by atoms with van der Waals surface area (Å²) in [5.74, 6) is -3.25. The molecule has 0 bridgehead atoms. The molecule has 1 aromatic carbocycles. The molecule has 0 saturated heterocycles. The van der Waals surface area contributed by atoms with E-state index >= 15 is 0 Å². The number of hydrogen-bond acceptors (Lipinski definition) is 3. The minimum absolute atomic E-state index is 0.0321. The highest BCUT2D eigenvalue weighted by Gasteiger charge is 2.22. The average molecular weight is 285 g/mol. The average Bonchev–Trinajstić information content (AvgIpc) is 2.42. The number of carbonyl (C=O) groups is 1. The smallest absolute Gasteiger partial charge is 0.338 e. The lowest BCUT2D eigenvalue weighted by Gasteiger charge is -2.29. The molecule has 0 aromatic heterocycles. The van der Waals surface area contributed by atoms with E-state index in [2.05, 4.69) is 5.32 Å². The highest BCUT2D eigenvalue weighted by Crippen LogP contribution is 2.26. The summed E-state index contributed by atoms with van der Waals surface area (Å²) in [6.45, 7) is 0. The quantitative estimate of drug-likeness (QED) is 0.892. The van der Waals surface area contributed by atoms with Gasteiger partial charge in [-0.3, -0.25) is 0 Å². The van der Waals surface area contributed by atoms with E-state index in [9.17, 15) is 13.6 Å². The van der Waals surface area contributed by atoms with Crippen LogP contribution in [-0.4, -0.2) is 30.3 Å². The molecule has 2 N–H and O–H groups in total. The van der Waals surface area contributed by atoms with E-state index in [0.717, 1.165) is 31.7 Å². The summed E-state index contributed by atoms with van der Waals surface area (Å²) in [5, 5.41) is 11.8. The van der Waals surface area contributed by atoms with Crippen LogP contribution in [0.25, 0.3) is 0 Å². The molecule has 0 amide bonds. The van der Waals surface area contributed by atoms with Gasteiger partial charge in [-0.2, -0.15) is 0 Å². The molecular formula is C14H17F2NO3. The molecule has 1 fully saturated rings. The number of rotatable bonds is 4. The lowest BCUT2D eigenvalue weighted by atomic mass is 9.92. The van der Waals surface area contributed by atoms with Crippen molar-refractivity contribution in [1.29, 1.82) is 0 Å². The number of aromatic carboxylic acids is 1. The molecule has 1 aliphatic rings. The molecule has 0 radical (unpaired) electrons. The van der Waals surface area contributed by atoms with Gasteiger partial charge in [0.15, 0.2) is 0 Å². The van der Waals surface area contributed by atoms with Crippen LogP contribution in [0.2, 0.25) is 0 Å². The molecule has 110 valence electrons. The van der Waals surface area contributed by atoms with Gasteiger partial charge in [-0.25, -0.2) is 13.6 Å². The fourth-order valence-electron chi connectivity index (χ4n) is 2.49. The second-order valence-corrected chi connectivity index (χ2v) is 4.97. The van der Waals surface area contributed by atoms with Gasteiger partial charge in [0.2, 0.25) is 0 Å². The third-order valence-corrected chi connectivity index (χ3v) is 3.65. The molecule has 6 heteroatoms. The van der Waals surface area contributed by atoms with Crippen molar-refractivity contribution in [1.82, 2.24) is 0 Å². The molecular weight excluding hydrogens is 268 g/mol. The second-order valence-electron chi connectivity index (χ2n) is 4.97. The van der Waals surface area contributed by atoms with Crippen LogP contribution in [0, 0.1) is 11.6 Å². The molecule has 2 rings (SSSR count). The van der Waals surface area contributed by atoms with Crippen molar-refractivity contribution in [2.24, 2.45) is 0 Å². The summed E-state index contributed by atoms with van der Waals surface area (Å²) in [7, 11) is 1.66. The Labute approximate surface area is 115 Å². The summed E-state index contributed by atoms with van der Waals surface area (Å²) < 4.78 is 32.2. The normalized spacial score (nSPS) is 22.6. The maximum atomic E-state index is 13.7. The summed E-state index contributed by atoms with van der Waals surface area (Å²) in [6.07, 6.45) is 3.56. The van der Waals surface area contributed by atoms with Gasteiger partial charge in [-0.15, -0.1) is 0 Å². The lowest BCUT2D eigenvalue weighted by Crippen LogP contribution is -2.29. The molecule has 4 nitrogen and oxygen atoms in total. The van der Waals surface area contributed by atoms with Crippen molar-refractivity contribution >= 4 is 11.7 Å². The number of carboxylic acids is 1. The minimum Gasteiger partial charge on any atom is -0.478 e. The SMILES string of the molecule is COC1CCC(Nc2cc(C(=O)O)c(F)cc2F)CC1. The molecule has 0 aliphatic heterocycles. The summed E-state index contributed by atoms with van der Waals surface area (Å²) >= 11 is 0. The first-order chi connectivity index (χ1) is 9.51. The van der Waals surface area contributed by atoms with E-state index in [1.165, 1.54) is 0 Å². The zero-order valence-electron chi connectivity index (χ0n) is 11.2. The first kappa shape index (κ1) is 14.7. The van der Waals surface area contributed by atoms with Gasteiger partial charge in [0.25, 0.3) is 0 Å². The fourth-order valence-corrected chi connectivity index (χ4v) is 2.49. The molecule has 20 heavy (non-hydrogen) atoms.